The maximum atomic E-state index is 15.8. The molecule has 1 saturated heterocycles. The van der Waals surface area contributed by atoms with Crippen LogP contribution in [-0.2, 0) is 6.54 Å². The van der Waals surface area contributed by atoms with Crippen LogP contribution in [-0.4, -0.2) is 41.8 Å². The lowest BCUT2D eigenvalue weighted by atomic mass is 10.1. The van der Waals surface area contributed by atoms with Crippen LogP contribution < -0.4 is 15.6 Å². The zero-order chi connectivity index (χ0) is 22.8. The number of hydrogen-bond donors (Lipinski definition) is 2. The number of hydrogen-bond acceptors (Lipinski definition) is 4. The smallest absolute Gasteiger partial charge is 0.341 e. The minimum absolute atomic E-state index is 0.0876. The summed E-state index contributed by atoms with van der Waals surface area (Å²) in [5.41, 5.74) is -0.874. The number of aromatic carboxylic acids is 1. The first-order valence-corrected chi connectivity index (χ1v) is 10.7. The molecular weight excluding hydrogens is 416 g/mol. The Hall–Kier alpha value is -3.26. The van der Waals surface area contributed by atoms with Crippen molar-refractivity contribution in [1.29, 1.82) is 0 Å². The van der Waals surface area contributed by atoms with E-state index in [1.54, 1.807) is 4.90 Å². The van der Waals surface area contributed by atoms with Crippen LogP contribution in [0.25, 0.3) is 10.9 Å². The van der Waals surface area contributed by atoms with Crippen LogP contribution in [0.4, 0.5) is 14.5 Å². The fourth-order valence-electron chi connectivity index (χ4n) is 4.37. The highest BCUT2D eigenvalue weighted by atomic mass is 19.1. The van der Waals surface area contributed by atoms with E-state index < -0.39 is 28.6 Å². The molecule has 0 spiro atoms. The zero-order valence-electron chi connectivity index (χ0n) is 17.8. The van der Waals surface area contributed by atoms with Crippen molar-refractivity contribution in [3.05, 3.63) is 75.6 Å². The highest BCUT2D eigenvalue weighted by Crippen LogP contribution is 2.33. The lowest BCUT2D eigenvalue weighted by molar-refractivity contribution is 0.0695. The summed E-state index contributed by atoms with van der Waals surface area (Å²) in [6.45, 7) is 4.75. The van der Waals surface area contributed by atoms with Gasteiger partial charge in [0.05, 0.1) is 10.9 Å². The second-order valence-electron chi connectivity index (χ2n) is 8.12. The van der Waals surface area contributed by atoms with Crippen molar-refractivity contribution < 1.29 is 18.7 Å². The normalized spacial score (nSPS) is 16.1. The fraction of sp³-hybridized carbons (Fsp3) is 0.333. The molecule has 0 amide bonds. The molecule has 3 aromatic rings. The van der Waals surface area contributed by atoms with Gasteiger partial charge in [-0.2, -0.15) is 0 Å². The lowest BCUT2D eigenvalue weighted by Gasteiger charge is -2.22. The van der Waals surface area contributed by atoms with Gasteiger partial charge in [-0.25, -0.2) is 13.6 Å². The minimum Gasteiger partial charge on any atom is -0.477 e. The number of rotatable bonds is 7. The van der Waals surface area contributed by atoms with Gasteiger partial charge in [-0.05, 0) is 37.1 Å². The Labute approximate surface area is 184 Å². The van der Waals surface area contributed by atoms with E-state index in [-0.39, 0.29) is 29.1 Å². The number of nitrogens with one attached hydrogen (secondary N) is 1. The Morgan fingerprint density at radius 1 is 1.25 bits per heavy atom. The molecule has 8 heteroatoms. The number of carbonyl (C=O) groups is 1. The van der Waals surface area contributed by atoms with E-state index >= 15 is 8.78 Å². The quantitative estimate of drug-likeness (QED) is 0.588. The highest BCUT2D eigenvalue weighted by molar-refractivity contribution is 5.94. The largest absolute Gasteiger partial charge is 0.477 e. The van der Waals surface area contributed by atoms with Crippen molar-refractivity contribution in [3.8, 4) is 0 Å². The molecule has 1 aliphatic heterocycles. The predicted molar refractivity (Wildman–Crippen MR) is 119 cm³/mol. The molecule has 1 aromatic heterocycles. The van der Waals surface area contributed by atoms with Gasteiger partial charge < -0.3 is 19.9 Å². The van der Waals surface area contributed by atoms with Crippen LogP contribution in [0.5, 0.6) is 0 Å². The molecule has 1 unspecified atom stereocenters. The maximum Gasteiger partial charge on any atom is 0.341 e. The number of carboxylic acids is 1. The SMILES string of the molecule is CCNCC1CCN(c2c(F)cc3c(=O)c(C(=O)O)cn(Cc4ccccc4)c3c2F)C1. The second-order valence-corrected chi connectivity index (χ2v) is 8.12. The predicted octanol–water partition coefficient (Wildman–Crippen LogP) is 3.46. The van der Waals surface area contributed by atoms with Gasteiger partial charge >= 0.3 is 5.97 Å². The van der Waals surface area contributed by atoms with Gasteiger partial charge in [0, 0.05) is 25.8 Å². The summed E-state index contributed by atoms with van der Waals surface area (Å²) in [5, 5.41) is 12.5. The van der Waals surface area contributed by atoms with Gasteiger partial charge in [-0.1, -0.05) is 37.3 Å². The molecule has 2 heterocycles. The summed E-state index contributed by atoms with van der Waals surface area (Å²) in [6, 6.07) is 10.1. The Balaban J connectivity index is 1.86. The molecule has 1 atom stereocenters. The molecule has 2 aromatic carbocycles. The van der Waals surface area contributed by atoms with Gasteiger partial charge in [0.15, 0.2) is 5.82 Å². The van der Waals surface area contributed by atoms with Crippen molar-refractivity contribution in [2.24, 2.45) is 5.92 Å². The Morgan fingerprint density at radius 3 is 2.69 bits per heavy atom. The van der Waals surface area contributed by atoms with Gasteiger partial charge in [0.25, 0.3) is 0 Å². The minimum atomic E-state index is -1.44. The number of carboxylic acid groups (broad SMARTS) is 1. The molecule has 4 rings (SSSR count). The summed E-state index contributed by atoms with van der Waals surface area (Å²) in [7, 11) is 0. The zero-order valence-corrected chi connectivity index (χ0v) is 17.8. The summed E-state index contributed by atoms with van der Waals surface area (Å²) in [4.78, 5) is 26.0. The van der Waals surface area contributed by atoms with Crippen LogP contribution in [0.15, 0.2) is 47.4 Å². The number of anilines is 1. The first kappa shape index (κ1) is 22.0. The molecule has 0 aliphatic carbocycles. The van der Waals surface area contributed by atoms with Crippen LogP contribution in [0, 0.1) is 17.6 Å². The molecule has 1 fully saturated rings. The van der Waals surface area contributed by atoms with Crippen LogP contribution >= 0.6 is 0 Å². The van der Waals surface area contributed by atoms with E-state index in [9.17, 15) is 14.7 Å². The van der Waals surface area contributed by atoms with Crippen molar-refractivity contribution in [2.45, 2.75) is 19.9 Å². The van der Waals surface area contributed by atoms with E-state index in [1.807, 2.05) is 37.3 Å². The van der Waals surface area contributed by atoms with E-state index in [0.717, 1.165) is 37.3 Å². The molecule has 0 radical (unpaired) electrons. The Kier molecular flexibility index (Phi) is 6.23. The van der Waals surface area contributed by atoms with Gasteiger partial charge in [-0.3, -0.25) is 4.79 Å². The van der Waals surface area contributed by atoms with E-state index in [1.165, 1.54) is 4.57 Å². The average Bonchev–Trinajstić information content (AvgIpc) is 3.23. The number of halogens is 2. The molecule has 6 nitrogen and oxygen atoms in total. The fourth-order valence-corrected chi connectivity index (χ4v) is 4.37. The Bertz CT molecular complexity index is 1210. The maximum absolute atomic E-state index is 15.8. The van der Waals surface area contributed by atoms with Crippen molar-refractivity contribution in [1.82, 2.24) is 9.88 Å². The third kappa shape index (κ3) is 4.10. The number of pyridine rings is 1. The summed E-state index contributed by atoms with van der Waals surface area (Å²) in [5.74, 6) is -2.86. The van der Waals surface area contributed by atoms with E-state index in [2.05, 4.69) is 5.32 Å². The van der Waals surface area contributed by atoms with Crippen LogP contribution in [0.1, 0.15) is 29.3 Å². The molecule has 168 valence electrons. The lowest BCUT2D eigenvalue weighted by Crippen LogP contribution is -2.28. The molecule has 0 bridgehead atoms. The van der Waals surface area contributed by atoms with E-state index in [0.29, 0.717) is 13.1 Å². The number of benzene rings is 2. The monoisotopic (exact) mass is 441 g/mol. The van der Waals surface area contributed by atoms with Crippen LogP contribution in [0.2, 0.25) is 0 Å². The van der Waals surface area contributed by atoms with Gasteiger partial charge in [-0.15, -0.1) is 0 Å². The topological polar surface area (TPSA) is 74.6 Å². The summed E-state index contributed by atoms with van der Waals surface area (Å²) in [6.07, 6.45) is 1.95. The summed E-state index contributed by atoms with van der Waals surface area (Å²) < 4.78 is 32.3. The Morgan fingerprint density at radius 2 is 2.00 bits per heavy atom. The molecular formula is C24H25F2N3O3. The number of fused-ring (bicyclic) bond motifs is 1. The summed E-state index contributed by atoms with van der Waals surface area (Å²) >= 11 is 0. The van der Waals surface area contributed by atoms with Gasteiger partial charge in [0.1, 0.15) is 17.1 Å². The van der Waals surface area contributed by atoms with E-state index in [4.69, 9.17) is 0 Å². The average molecular weight is 441 g/mol. The van der Waals surface area contributed by atoms with Crippen molar-refractivity contribution >= 4 is 22.6 Å². The molecule has 1 aliphatic rings. The first-order chi connectivity index (χ1) is 15.4. The third-order valence-corrected chi connectivity index (χ3v) is 5.94. The molecule has 0 saturated carbocycles. The third-order valence-electron chi connectivity index (χ3n) is 5.94. The second kappa shape index (κ2) is 9.08. The van der Waals surface area contributed by atoms with Crippen molar-refractivity contribution in [3.63, 3.8) is 0 Å². The number of aromatic nitrogens is 1. The van der Waals surface area contributed by atoms with Gasteiger partial charge in [0.2, 0.25) is 5.43 Å². The number of nitrogens with zero attached hydrogens (tertiary/aromatic N) is 2. The standard InChI is InChI=1S/C24H25F2N3O3/c1-2-27-11-16-8-9-28(13-16)22-19(25)10-17-21(20(22)26)29(12-15-6-4-3-5-7-15)14-18(23(17)30)24(31)32/h3-7,10,14,16,27H,2,8-9,11-13H2,1H3,(H,31,32). The highest BCUT2D eigenvalue weighted by Gasteiger charge is 2.29. The molecule has 32 heavy (non-hydrogen) atoms. The van der Waals surface area contributed by atoms with Crippen molar-refractivity contribution in [2.75, 3.05) is 31.1 Å². The first-order valence-electron chi connectivity index (χ1n) is 10.7. The molecule has 2 N–H and O–H groups in total. The van der Waals surface area contributed by atoms with Crippen LogP contribution in [0.3, 0.4) is 0 Å².